The first-order valence-electron chi connectivity index (χ1n) is 17.5. The van der Waals surface area contributed by atoms with Gasteiger partial charge in [-0.15, -0.1) is 24.9 Å². The smallest absolute Gasteiger partial charge is 0.251 e. The van der Waals surface area contributed by atoms with Gasteiger partial charge in [0.2, 0.25) is 11.8 Å². The summed E-state index contributed by atoms with van der Waals surface area (Å²) in [4.78, 5) is 50.4. The van der Waals surface area contributed by atoms with Gasteiger partial charge in [-0.1, -0.05) is 66.2 Å². The van der Waals surface area contributed by atoms with Gasteiger partial charge in [-0.25, -0.2) is 0 Å². The Balaban J connectivity index is 1.47. The van der Waals surface area contributed by atoms with E-state index in [4.69, 9.17) is 16.3 Å². The fraction of sp³-hybridized carbons (Fsp3) is 0.390. The number of aliphatic hydroxyl groups is 1. The van der Waals surface area contributed by atoms with E-state index in [-0.39, 0.29) is 37.4 Å². The maximum atomic E-state index is 15.3. The molecule has 2 bridgehead atoms. The molecule has 0 radical (unpaired) electrons. The van der Waals surface area contributed by atoms with Crippen molar-refractivity contribution in [1.82, 2.24) is 4.90 Å². The second-order valence-corrected chi connectivity index (χ2v) is 16.1. The van der Waals surface area contributed by atoms with Gasteiger partial charge in [0.15, 0.2) is 0 Å². The Kier molecular flexibility index (Phi) is 10.7. The minimum Gasteiger partial charge on any atom is -0.494 e. The number of amides is 3. The molecule has 3 saturated heterocycles. The number of aryl methyl sites for hydroxylation is 1. The molecular formula is C41H46ClN3O5S. The number of hydrogen-bond acceptors (Lipinski definition) is 6. The van der Waals surface area contributed by atoms with Crippen molar-refractivity contribution in [2.45, 2.75) is 61.6 Å². The monoisotopic (exact) mass is 727 g/mol. The first-order valence-corrected chi connectivity index (χ1v) is 18.7. The predicted octanol–water partition coefficient (Wildman–Crippen LogP) is 6.87. The summed E-state index contributed by atoms with van der Waals surface area (Å²) in [6.45, 7) is 14.3. The molecule has 6 atom stereocenters. The molecule has 2 unspecified atom stereocenters. The fourth-order valence-electron chi connectivity index (χ4n) is 8.59. The molecule has 3 aromatic carbocycles. The van der Waals surface area contributed by atoms with Gasteiger partial charge < -0.3 is 24.5 Å². The van der Waals surface area contributed by atoms with Gasteiger partial charge in [-0.3, -0.25) is 14.4 Å². The van der Waals surface area contributed by atoms with Crippen LogP contribution < -0.4 is 14.5 Å². The molecule has 51 heavy (non-hydrogen) atoms. The third-order valence-corrected chi connectivity index (χ3v) is 13.0. The molecule has 1 N–H and O–H groups in total. The molecule has 8 nitrogen and oxygen atoms in total. The van der Waals surface area contributed by atoms with E-state index in [9.17, 15) is 9.90 Å². The summed E-state index contributed by atoms with van der Waals surface area (Å²) in [6, 6.07) is 20.8. The van der Waals surface area contributed by atoms with Crippen LogP contribution in [0.2, 0.25) is 5.02 Å². The number of ether oxygens (including phenoxy) is 1. The van der Waals surface area contributed by atoms with Gasteiger partial charge >= 0.3 is 0 Å². The highest BCUT2D eigenvalue weighted by Crippen LogP contribution is 2.72. The zero-order chi connectivity index (χ0) is 36.5. The number of aliphatic hydroxyl groups excluding tert-OH is 1. The van der Waals surface area contributed by atoms with Crippen LogP contribution in [-0.2, 0) is 20.8 Å². The normalized spacial score (nSPS) is 25.3. The SMILES string of the molecule is C=CCN(C(=O)[C@@H]1[C@H]2C(=O)N([C@@H](CO)Cc3ccccc3)C(C(=O)N(CC=C)c3c(C)cccc3Cl)C23CC[C@@]1(C)S3)c1ccc(OCC)cc1. The Labute approximate surface area is 310 Å². The molecule has 0 saturated carbocycles. The molecule has 268 valence electrons. The van der Waals surface area contributed by atoms with Crippen LogP contribution in [0.5, 0.6) is 5.75 Å². The number of nitrogens with zero attached hydrogens (tertiary/aromatic N) is 3. The van der Waals surface area contributed by atoms with Gasteiger partial charge in [-0.05, 0) is 81.5 Å². The Morgan fingerprint density at radius 1 is 1.02 bits per heavy atom. The summed E-state index contributed by atoms with van der Waals surface area (Å²) in [6.07, 6.45) is 4.90. The Bertz CT molecular complexity index is 1780. The molecule has 10 heteroatoms. The summed E-state index contributed by atoms with van der Waals surface area (Å²) >= 11 is 8.38. The van der Waals surface area contributed by atoms with Crippen molar-refractivity contribution < 1.29 is 24.2 Å². The number of thioether (sulfide) groups is 1. The zero-order valence-electron chi connectivity index (χ0n) is 29.5. The van der Waals surface area contributed by atoms with E-state index in [1.807, 2.05) is 80.6 Å². The zero-order valence-corrected chi connectivity index (χ0v) is 31.0. The number of rotatable bonds is 14. The molecule has 3 aliphatic heterocycles. The number of para-hydroxylation sites is 1. The van der Waals surface area contributed by atoms with Crippen LogP contribution in [0.1, 0.15) is 37.8 Å². The molecule has 3 amide bonds. The number of likely N-dealkylation sites (tertiary alicyclic amines) is 1. The number of hydrogen-bond donors (Lipinski definition) is 1. The summed E-state index contributed by atoms with van der Waals surface area (Å²) < 4.78 is 4.12. The van der Waals surface area contributed by atoms with Crippen LogP contribution in [0.25, 0.3) is 0 Å². The minimum absolute atomic E-state index is 0.167. The summed E-state index contributed by atoms with van der Waals surface area (Å²) in [5.74, 6) is -1.58. The fourth-order valence-corrected chi connectivity index (χ4v) is 11.2. The van der Waals surface area contributed by atoms with Crippen LogP contribution in [-0.4, -0.2) is 75.6 Å². The molecular weight excluding hydrogens is 682 g/mol. The van der Waals surface area contributed by atoms with E-state index < -0.39 is 33.4 Å². The lowest BCUT2D eigenvalue weighted by Gasteiger charge is -2.40. The van der Waals surface area contributed by atoms with Crippen LogP contribution >= 0.6 is 23.4 Å². The van der Waals surface area contributed by atoms with E-state index in [0.717, 1.165) is 11.1 Å². The van der Waals surface area contributed by atoms with Crippen LogP contribution in [0.15, 0.2) is 98.1 Å². The molecule has 3 aromatic rings. The van der Waals surface area contributed by atoms with Crippen LogP contribution in [0.4, 0.5) is 11.4 Å². The van der Waals surface area contributed by atoms with E-state index in [2.05, 4.69) is 20.1 Å². The van der Waals surface area contributed by atoms with Gasteiger partial charge in [0.05, 0.1) is 46.5 Å². The van der Waals surface area contributed by atoms with Crippen LogP contribution in [0.3, 0.4) is 0 Å². The van der Waals surface area contributed by atoms with E-state index in [1.165, 1.54) is 0 Å². The van der Waals surface area contributed by atoms with Gasteiger partial charge in [0, 0.05) is 23.5 Å². The number of anilines is 2. The van der Waals surface area contributed by atoms with Crippen molar-refractivity contribution in [3.8, 4) is 5.75 Å². The van der Waals surface area contributed by atoms with Gasteiger partial charge in [-0.2, -0.15) is 0 Å². The van der Waals surface area contributed by atoms with Crippen molar-refractivity contribution in [3.63, 3.8) is 0 Å². The second-order valence-electron chi connectivity index (χ2n) is 13.8. The molecule has 3 fully saturated rings. The molecule has 0 aromatic heterocycles. The predicted molar refractivity (Wildman–Crippen MR) is 205 cm³/mol. The molecule has 1 spiro atoms. The number of benzene rings is 3. The highest BCUT2D eigenvalue weighted by atomic mass is 35.5. The van der Waals surface area contributed by atoms with Crippen molar-refractivity contribution in [2.75, 3.05) is 36.1 Å². The van der Waals surface area contributed by atoms with Gasteiger partial charge in [0.1, 0.15) is 11.8 Å². The summed E-state index contributed by atoms with van der Waals surface area (Å²) in [5.41, 5.74) is 2.97. The lowest BCUT2D eigenvalue weighted by Crippen LogP contribution is -2.58. The molecule has 3 aliphatic rings. The minimum atomic E-state index is -0.963. The lowest BCUT2D eigenvalue weighted by molar-refractivity contribution is -0.142. The second kappa shape index (κ2) is 14.9. The molecule has 0 aliphatic carbocycles. The van der Waals surface area contributed by atoms with Crippen molar-refractivity contribution in [2.24, 2.45) is 11.8 Å². The van der Waals surface area contributed by atoms with E-state index in [0.29, 0.717) is 48.0 Å². The molecule has 6 rings (SSSR count). The van der Waals surface area contributed by atoms with Crippen LogP contribution in [0, 0.1) is 18.8 Å². The average molecular weight is 728 g/mol. The largest absolute Gasteiger partial charge is 0.494 e. The number of halogens is 1. The van der Waals surface area contributed by atoms with E-state index >= 15 is 9.59 Å². The average Bonchev–Trinajstić information content (AvgIpc) is 3.70. The third kappa shape index (κ3) is 6.38. The topological polar surface area (TPSA) is 90.4 Å². The van der Waals surface area contributed by atoms with Gasteiger partial charge in [0.25, 0.3) is 5.91 Å². The Morgan fingerprint density at radius 2 is 1.71 bits per heavy atom. The van der Waals surface area contributed by atoms with Crippen molar-refractivity contribution in [3.05, 3.63) is 114 Å². The highest BCUT2D eigenvalue weighted by molar-refractivity contribution is 8.02. The number of fused-ring (bicyclic) bond motifs is 1. The quantitative estimate of drug-likeness (QED) is 0.183. The summed E-state index contributed by atoms with van der Waals surface area (Å²) in [5, 5.41) is 11.4. The highest BCUT2D eigenvalue weighted by Gasteiger charge is 2.78. The van der Waals surface area contributed by atoms with Crippen molar-refractivity contribution >= 4 is 52.5 Å². The van der Waals surface area contributed by atoms with Crippen molar-refractivity contribution in [1.29, 1.82) is 0 Å². The Hall–Kier alpha value is -4.05. The Morgan fingerprint density at radius 3 is 2.33 bits per heavy atom. The first kappa shape index (κ1) is 36.7. The number of carbonyl (C=O) groups excluding carboxylic acids is 3. The first-order chi connectivity index (χ1) is 24.5. The maximum absolute atomic E-state index is 15.3. The lowest BCUT2D eigenvalue weighted by atomic mass is 9.66. The number of carbonyl (C=O) groups is 3. The standard InChI is InChI=1S/C41H46ClN3O5S/c1-6-23-43(29-17-19-31(20-18-29)50-8-3)37(47)33-34-38(48)45(30(26-46)25-28-14-10-9-11-15-28)36(41(34)22-21-40(33,5)51-41)39(49)44(24-7-2)35-27(4)13-12-16-32(35)42/h6-7,9-20,30,33-34,36,46H,1-2,8,21-26H2,3-5H3/t30-,33+,34+,36?,40-,41?/m1/s1. The molecule has 3 heterocycles. The van der Waals surface area contributed by atoms with E-state index in [1.54, 1.807) is 44.7 Å². The third-order valence-electron chi connectivity index (χ3n) is 10.7. The summed E-state index contributed by atoms with van der Waals surface area (Å²) in [7, 11) is 0. The maximum Gasteiger partial charge on any atom is 0.251 e.